The Morgan fingerprint density at radius 1 is 1.42 bits per heavy atom. The van der Waals surface area contributed by atoms with E-state index < -0.39 is 5.97 Å². The lowest BCUT2D eigenvalue weighted by atomic mass is 10.0. The van der Waals surface area contributed by atoms with Gasteiger partial charge in [-0.25, -0.2) is 4.79 Å². The van der Waals surface area contributed by atoms with E-state index in [-0.39, 0.29) is 5.57 Å². The summed E-state index contributed by atoms with van der Waals surface area (Å²) in [6.07, 6.45) is 2.92. The zero-order valence-electron chi connectivity index (χ0n) is 10.1. The summed E-state index contributed by atoms with van der Waals surface area (Å²) in [5, 5.41) is 9.61. The van der Waals surface area contributed by atoms with Crippen molar-refractivity contribution in [3.8, 4) is 5.75 Å². The molecule has 2 aromatic rings. The Morgan fingerprint density at radius 2 is 2.21 bits per heavy atom. The van der Waals surface area contributed by atoms with Crippen LogP contribution in [0.5, 0.6) is 5.75 Å². The van der Waals surface area contributed by atoms with Gasteiger partial charge in [-0.2, -0.15) is 0 Å². The summed E-state index contributed by atoms with van der Waals surface area (Å²) in [4.78, 5) is 11.3. The zero-order valence-corrected chi connectivity index (χ0v) is 10.8. The van der Waals surface area contributed by atoms with Gasteiger partial charge < -0.3 is 14.3 Å². The molecule has 0 bridgehead atoms. The van der Waals surface area contributed by atoms with E-state index in [1.54, 1.807) is 30.3 Å². The second-order valence-corrected chi connectivity index (χ2v) is 4.14. The van der Waals surface area contributed by atoms with Gasteiger partial charge in [-0.3, -0.25) is 0 Å². The van der Waals surface area contributed by atoms with Gasteiger partial charge in [-0.15, -0.1) is 0 Å². The van der Waals surface area contributed by atoms with Gasteiger partial charge in [0.2, 0.25) is 0 Å². The molecular weight excluding hydrogens is 268 g/mol. The van der Waals surface area contributed by atoms with Gasteiger partial charge in [0.05, 0.1) is 24.0 Å². The Bertz CT molecular complexity index is 614. The minimum absolute atomic E-state index is 0.0968. The highest BCUT2D eigenvalue weighted by Crippen LogP contribution is 2.29. The average molecular weight is 279 g/mol. The number of methoxy groups -OCH3 is 1. The van der Waals surface area contributed by atoms with Crippen molar-refractivity contribution in [2.75, 3.05) is 7.11 Å². The van der Waals surface area contributed by atoms with Gasteiger partial charge in [0.1, 0.15) is 11.5 Å². The fourth-order valence-electron chi connectivity index (χ4n) is 1.62. The molecule has 0 radical (unpaired) electrons. The largest absolute Gasteiger partial charge is 0.495 e. The van der Waals surface area contributed by atoms with E-state index in [1.165, 1.54) is 19.4 Å². The maximum absolute atomic E-state index is 11.3. The first kappa shape index (κ1) is 13.2. The van der Waals surface area contributed by atoms with Crippen molar-refractivity contribution in [1.29, 1.82) is 0 Å². The SMILES string of the molecule is COc1ccc(/C(=C/c2ccco2)C(=O)O)cc1Cl. The van der Waals surface area contributed by atoms with Crippen LogP contribution in [-0.4, -0.2) is 18.2 Å². The van der Waals surface area contributed by atoms with Crippen molar-refractivity contribution >= 4 is 29.2 Å². The van der Waals surface area contributed by atoms with Gasteiger partial charge in [0.15, 0.2) is 0 Å². The molecule has 0 atom stereocenters. The molecule has 1 heterocycles. The topological polar surface area (TPSA) is 59.7 Å². The van der Waals surface area contributed by atoms with Gasteiger partial charge >= 0.3 is 5.97 Å². The first-order valence-corrected chi connectivity index (χ1v) is 5.82. The number of furan rings is 1. The molecule has 0 unspecified atom stereocenters. The molecule has 1 aromatic heterocycles. The molecular formula is C14H11ClO4. The molecule has 5 heteroatoms. The minimum atomic E-state index is -1.06. The van der Waals surface area contributed by atoms with Crippen LogP contribution in [0, 0.1) is 0 Å². The number of halogens is 1. The average Bonchev–Trinajstić information content (AvgIpc) is 2.88. The maximum Gasteiger partial charge on any atom is 0.336 e. The Labute approximate surface area is 114 Å². The molecule has 0 saturated heterocycles. The van der Waals surface area contributed by atoms with Crippen LogP contribution < -0.4 is 4.74 Å². The number of carboxylic acid groups (broad SMARTS) is 1. The number of carboxylic acids is 1. The highest BCUT2D eigenvalue weighted by Gasteiger charge is 2.13. The lowest BCUT2D eigenvalue weighted by Crippen LogP contribution is -1.99. The lowest BCUT2D eigenvalue weighted by molar-refractivity contribution is -0.130. The molecule has 19 heavy (non-hydrogen) atoms. The summed E-state index contributed by atoms with van der Waals surface area (Å²) in [6.45, 7) is 0. The van der Waals surface area contributed by atoms with Gasteiger partial charge in [0, 0.05) is 0 Å². The Hall–Kier alpha value is -2.20. The van der Waals surface area contributed by atoms with E-state index in [9.17, 15) is 9.90 Å². The Kier molecular flexibility index (Phi) is 3.92. The first-order valence-electron chi connectivity index (χ1n) is 5.44. The van der Waals surface area contributed by atoms with Crippen LogP contribution in [0.3, 0.4) is 0 Å². The second kappa shape index (κ2) is 5.63. The normalized spacial score (nSPS) is 11.4. The molecule has 0 aliphatic carbocycles. The summed E-state index contributed by atoms with van der Waals surface area (Å²) in [5.41, 5.74) is 0.578. The Morgan fingerprint density at radius 3 is 2.74 bits per heavy atom. The molecule has 0 spiro atoms. The summed E-state index contributed by atoms with van der Waals surface area (Å²) in [7, 11) is 1.50. The summed E-state index contributed by atoms with van der Waals surface area (Å²) >= 11 is 5.99. The van der Waals surface area contributed by atoms with Crippen LogP contribution in [0.4, 0.5) is 0 Å². The van der Waals surface area contributed by atoms with E-state index >= 15 is 0 Å². The number of hydrogen-bond donors (Lipinski definition) is 1. The maximum atomic E-state index is 11.3. The summed E-state index contributed by atoms with van der Waals surface area (Å²) in [5.74, 6) is -0.102. The van der Waals surface area contributed by atoms with Crippen molar-refractivity contribution < 1.29 is 19.1 Å². The van der Waals surface area contributed by atoms with Crippen LogP contribution >= 0.6 is 11.6 Å². The molecule has 1 aromatic carbocycles. The molecule has 98 valence electrons. The highest BCUT2D eigenvalue weighted by atomic mass is 35.5. The third-order valence-corrected chi connectivity index (χ3v) is 2.82. The van der Waals surface area contributed by atoms with Crippen LogP contribution in [0.2, 0.25) is 5.02 Å². The quantitative estimate of drug-likeness (QED) is 0.869. The molecule has 0 amide bonds. The van der Waals surface area contributed by atoms with E-state index in [0.29, 0.717) is 22.1 Å². The fourth-order valence-corrected chi connectivity index (χ4v) is 1.88. The van der Waals surface area contributed by atoms with Crippen molar-refractivity contribution in [1.82, 2.24) is 0 Å². The molecule has 1 N–H and O–H groups in total. The molecule has 0 aliphatic heterocycles. The van der Waals surface area contributed by atoms with Crippen LogP contribution in [0.1, 0.15) is 11.3 Å². The zero-order chi connectivity index (χ0) is 13.8. The molecule has 0 aliphatic rings. The smallest absolute Gasteiger partial charge is 0.336 e. The van der Waals surface area contributed by atoms with Crippen molar-refractivity contribution in [2.24, 2.45) is 0 Å². The highest BCUT2D eigenvalue weighted by molar-refractivity contribution is 6.32. The monoisotopic (exact) mass is 278 g/mol. The summed E-state index contributed by atoms with van der Waals surface area (Å²) in [6, 6.07) is 8.16. The molecule has 0 saturated carbocycles. The number of ether oxygens (including phenoxy) is 1. The standard InChI is InChI=1S/C14H11ClO4/c1-18-13-5-4-9(7-12(13)15)11(14(16)17)8-10-3-2-6-19-10/h2-8H,1H3,(H,16,17)/b11-8-. The minimum Gasteiger partial charge on any atom is -0.495 e. The molecule has 4 nitrogen and oxygen atoms in total. The fraction of sp³-hybridized carbons (Fsp3) is 0.0714. The van der Waals surface area contributed by atoms with Crippen LogP contribution in [0.25, 0.3) is 11.6 Å². The predicted molar refractivity (Wildman–Crippen MR) is 72.2 cm³/mol. The number of rotatable bonds is 4. The van der Waals surface area contributed by atoms with E-state index in [0.717, 1.165) is 0 Å². The van der Waals surface area contributed by atoms with Gasteiger partial charge in [0.25, 0.3) is 0 Å². The van der Waals surface area contributed by atoms with E-state index in [4.69, 9.17) is 20.8 Å². The number of benzene rings is 1. The van der Waals surface area contributed by atoms with Crippen molar-refractivity contribution in [2.45, 2.75) is 0 Å². The second-order valence-electron chi connectivity index (χ2n) is 3.73. The van der Waals surface area contributed by atoms with Crippen LogP contribution in [0.15, 0.2) is 41.0 Å². The lowest BCUT2D eigenvalue weighted by Gasteiger charge is -2.06. The Balaban J connectivity index is 2.46. The van der Waals surface area contributed by atoms with Gasteiger partial charge in [-0.05, 0) is 35.9 Å². The van der Waals surface area contributed by atoms with Crippen molar-refractivity contribution in [3.63, 3.8) is 0 Å². The van der Waals surface area contributed by atoms with Gasteiger partial charge in [-0.1, -0.05) is 17.7 Å². The van der Waals surface area contributed by atoms with Crippen molar-refractivity contribution in [3.05, 3.63) is 52.9 Å². The van der Waals surface area contributed by atoms with E-state index in [2.05, 4.69) is 0 Å². The number of aliphatic carboxylic acids is 1. The molecule has 0 fully saturated rings. The van der Waals surface area contributed by atoms with Crippen LogP contribution in [-0.2, 0) is 4.79 Å². The number of hydrogen-bond acceptors (Lipinski definition) is 3. The van der Waals surface area contributed by atoms with E-state index in [1.807, 2.05) is 0 Å². The third kappa shape index (κ3) is 2.98. The predicted octanol–water partition coefficient (Wildman–Crippen LogP) is 3.57. The molecule has 2 rings (SSSR count). The third-order valence-electron chi connectivity index (χ3n) is 2.52. The summed E-state index contributed by atoms with van der Waals surface area (Å²) < 4.78 is 10.1. The first-order chi connectivity index (χ1) is 9.11. The number of carbonyl (C=O) groups is 1.